The van der Waals surface area contributed by atoms with Crippen molar-refractivity contribution in [1.82, 2.24) is 0 Å². The van der Waals surface area contributed by atoms with Gasteiger partial charge in [-0.1, -0.05) is 44.9 Å². The van der Waals surface area contributed by atoms with Crippen LogP contribution in [-0.2, 0) is 6.42 Å². The van der Waals surface area contributed by atoms with Crippen LogP contribution < -0.4 is 0 Å². The first-order valence-electron chi connectivity index (χ1n) is 6.98. The highest BCUT2D eigenvalue weighted by atomic mass is 32.1. The van der Waals surface area contributed by atoms with Gasteiger partial charge in [0.25, 0.3) is 0 Å². The van der Waals surface area contributed by atoms with Gasteiger partial charge in [0, 0.05) is 11.1 Å². The van der Waals surface area contributed by atoms with Crippen LogP contribution in [0.15, 0.2) is 29.6 Å². The van der Waals surface area contributed by atoms with Crippen molar-refractivity contribution >= 4 is 21.4 Å². The average molecular weight is 278 g/mol. The van der Waals surface area contributed by atoms with Crippen molar-refractivity contribution in [2.24, 2.45) is 5.92 Å². The molecule has 1 aromatic heterocycles. The molecule has 0 spiro atoms. The highest BCUT2D eigenvalue weighted by Gasteiger charge is 2.24. The van der Waals surface area contributed by atoms with Gasteiger partial charge in [-0.15, -0.1) is 11.3 Å². The van der Waals surface area contributed by atoms with Gasteiger partial charge in [0.2, 0.25) is 0 Å². The lowest BCUT2D eigenvalue weighted by atomic mass is 9.90. The maximum Gasteiger partial charge on any atom is 0.0842 e. The Labute approximate surface area is 118 Å². The third-order valence-electron chi connectivity index (χ3n) is 3.92. The summed E-state index contributed by atoms with van der Waals surface area (Å²) < 4.78 is 1.24. The van der Waals surface area contributed by atoms with Crippen LogP contribution in [0.4, 0.5) is 0 Å². The predicted octanol–water partition coefficient (Wildman–Crippen LogP) is 3.60. The zero-order valence-electron chi connectivity index (χ0n) is 11.5. The Morgan fingerprint density at radius 2 is 1.79 bits per heavy atom. The van der Waals surface area contributed by atoms with Gasteiger partial charge in [0.1, 0.15) is 0 Å². The normalized spacial score (nSPS) is 15.0. The van der Waals surface area contributed by atoms with Gasteiger partial charge in [0.15, 0.2) is 0 Å². The summed E-state index contributed by atoms with van der Waals surface area (Å²) >= 11 is 1.69. The second kappa shape index (κ2) is 6.51. The van der Waals surface area contributed by atoms with E-state index in [4.69, 9.17) is 0 Å². The maximum atomic E-state index is 10.2. The lowest BCUT2D eigenvalue weighted by Gasteiger charge is -2.25. The topological polar surface area (TPSA) is 40.5 Å². The van der Waals surface area contributed by atoms with Crippen molar-refractivity contribution < 1.29 is 10.2 Å². The third kappa shape index (κ3) is 3.16. The molecule has 2 rings (SSSR count). The van der Waals surface area contributed by atoms with E-state index in [0.717, 1.165) is 18.4 Å². The monoisotopic (exact) mass is 278 g/mol. The van der Waals surface area contributed by atoms with E-state index in [1.807, 2.05) is 12.1 Å². The molecule has 0 saturated carbocycles. The number of fused-ring (bicyclic) bond motifs is 1. The van der Waals surface area contributed by atoms with Crippen LogP contribution in [0.2, 0.25) is 0 Å². The molecule has 3 heteroatoms. The summed E-state index contributed by atoms with van der Waals surface area (Å²) in [4.78, 5) is 0. The van der Waals surface area contributed by atoms with Crippen molar-refractivity contribution in [1.29, 1.82) is 0 Å². The number of thiophene rings is 1. The molecule has 2 nitrogen and oxygen atoms in total. The molecular weight excluding hydrogens is 256 g/mol. The molecule has 2 atom stereocenters. The zero-order valence-corrected chi connectivity index (χ0v) is 12.4. The summed E-state index contributed by atoms with van der Waals surface area (Å²) in [7, 11) is 0. The molecule has 0 saturated heterocycles. The fourth-order valence-electron chi connectivity index (χ4n) is 2.62. The molecule has 0 amide bonds. The molecule has 19 heavy (non-hydrogen) atoms. The second-order valence-corrected chi connectivity index (χ2v) is 6.01. The van der Waals surface area contributed by atoms with E-state index in [0.29, 0.717) is 6.42 Å². The number of hydrogen-bond donors (Lipinski definition) is 2. The number of aliphatic hydroxyl groups is 2. The Morgan fingerprint density at radius 3 is 2.47 bits per heavy atom. The standard InChI is InChI=1S/C16H22O2S/c1-3-11(4-2)16(18)14(17)9-12-10-19-15-8-6-5-7-13(12)15/h5-8,10-11,14,16-18H,3-4,9H2,1-2H3. The predicted molar refractivity (Wildman–Crippen MR) is 81.6 cm³/mol. The Balaban J connectivity index is 2.12. The molecule has 1 aromatic carbocycles. The minimum atomic E-state index is -0.678. The zero-order chi connectivity index (χ0) is 13.8. The fraction of sp³-hybridized carbons (Fsp3) is 0.500. The van der Waals surface area contributed by atoms with Gasteiger partial charge < -0.3 is 10.2 Å². The number of rotatable bonds is 6. The molecule has 0 radical (unpaired) electrons. The summed E-state index contributed by atoms with van der Waals surface area (Å²) in [5, 5.41) is 23.7. The van der Waals surface area contributed by atoms with E-state index in [2.05, 4.69) is 31.4 Å². The molecule has 0 aliphatic rings. The van der Waals surface area contributed by atoms with Crippen molar-refractivity contribution in [2.45, 2.75) is 45.3 Å². The quantitative estimate of drug-likeness (QED) is 0.847. The number of hydrogen-bond acceptors (Lipinski definition) is 3. The van der Waals surface area contributed by atoms with Crippen molar-refractivity contribution in [3.05, 3.63) is 35.2 Å². The Hall–Kier alpha value is -0.900. The minimum Gasteiger partial charge on any atom is -0.390 e. The highest BCUT2D eigenvalue weighted by Crippen LogP contribution is 2.28. The molecule has 2 unspecified atom stereocenters. The van der Waals surface area contributed by atoms with E-state index in [-0.39, 0.29) is 5.92 Å². The van der Waals surface area contributed by atoms with Gasteiger partial charge in [-0.05, 0) is 28.3 Å². The number of benzene rings is 1. The summed E-state index contributed by atoms with van der Waals surface area (Å²) in [6.07, 6.45) is 1.02. The molecule has 104 valence electrons. The van der Waals surface area contributed by atoms with Crippen LogP contribution in [0.3, 0.4) is 0 Å². The van der Waals surface area contributed by atoms with Crippen molar-refractivity contribution in [2.75, 3.05) is 0 Å². The van der Waals surface area contributed by atoms with Crippen LogP contribution in [0, 0.1) is 5.92 Å². The lowest BCUT2D eigenvalue weighted by molar-refractivity contribution is -0.0185. The molecule has 0 aliphatic heterocycles. The van der Waals surface area contributed by atoms with Gasteiger partial charge in [-0.25, -0.2) is 0 Å². The van der Waals surface area contributed by atoms with E-state index in [1.54, 1.807) is 11.3 Å². The van der Waals surface area contributed by atoms with Gasteiger partial charge in [-0.2, -0.15) is 0 Å². The summed E-state index contributed by atoms with van der Waals surface area (Å²) in [6.45, 7) is 4.12. The van der Waals surface area contributed by atoms with E-state index in [9.17, 15) is 10.2 Å². The summed E-state index contributed by atoms with van der Waals surface area (Å²) in [5.41, 5.74) is 1.14. The molecule has 2 N–H and O–H groups in total. The molecule has 2 aromatic rings. The van der Waals surface area contributed by atoms with Crippen LogP contribution in [0.5, 0.6) is 0 Å². The molecule has 1 heterocycles. The summed E-state index contributed by atoms with van der Waals surface area (Å²) in [5.74, 6) is 0.180. The Morgan fingerprint density at radius 1 is 1.11 bits per heavy atom. The molecule has 0 aliphatic carbocycles. The van der Waals surface area contributed by atoms with E-state index >= 15 is 0 Å². The second-order valence-electron chi connectivity index (χ2n) is 5.10. The first-order chi connectivity index (χ1) is 9.17. The fourth-order valence-corrected chi connectivity index (χ4v) is 3.60. The minimum absolute atomic E-state index is 0.180. The largest absolute Gasteiger partial charge is 0.390 e. The first-order valence-corrected chi connectivity index (χ1v) is 7.86. The van der Waals surface area contributed by atoms with Crippen molar-refractivity contribution in [3.63, 3.8) is 0 Å². The van der Waals surface area contributed by atoms with Crippen LogP contribution in [-0.4, -0.2) is 22.4 Å². The highest BCUT2D eigenvalue weighted by molar-refractivity contribution is 7.17. The van der Waals surface area contributed by atoms with Gasteiger partial charge in [0.05, 0.1) is 12.2 Å². The van der Waals surface area contributed by atoms with Gasteiger partial charge >= 0.3 is 0 Å². The molecule has 0 bridgehead atoms. The molecule has 0 fully saturated rings. The van der Waals surface area contributed by atoms with Crippen LogP contribution in [0.1, 0.15) is 32.3 Å². The number of aliphatic hydroxyl groups excluding tert-OH is 2. The van der Waals surface area contributed by atoms with E-state index in [1.165, 1.54) is 10.1 Å². The van der Waals surface area contributed by atoms with E-state index < -0.39 is 12.2 Å². The lowest BCUT2D eigenvalue weighted by Crippen LogP contribution is -2.34. The SMILES string of the molecule is CCC(CC)C(O)C(O)Cc1csc2ccccc12. The maximum absolute atomic E-state index is 10.2. The van der Waals surface area contributed by atoms with Crippen molar-refractivity contribution in [3.8, 4) is 0 Å². The van der Waals surface area contributed by atoms with Crippen LogP contribution >= 0.6 is 11.3 Å². The Kier molecular flexibility index (Phi) is 4.97. The summed E-state index contributed by atoms with van der Waals surface area (Å²) in [6, 6.07) is 8.21. The molecular formula is C16H22O2S. The van der Waals surface area contributed by atoms with Gasteiger partial charge in [-0.3, -0.25) is 0 Å². The third-order valence-corrected chi connectivity index (χ3v) is 4.93. The average Bonchev–Trinajstić information content (AvgIpc) is 2.83. The van der Waals surface area contributed by atoms with Crippen LogP contribution in [0.25, 0.3) is 10.1 Å². The smallest absolute Gasteiger partial charge is 0.0842 e. The first kappa shape index (κ1) is 14.5. The Bertz CT molecular complexity index is 516.